The summed E-state index contributed by atoms with van der Waals surface area (Å²) in [6, 6.07) is 0. The lowest BCUT2D eigenvalue weighted by Gasteiger charge is -2.32. The second kappa shape index (κ2) is 2.57. The van der Waals surface area contributed by atoms with Crippen LogP contribution in [0.2, 0.25) is 0 Å². The second-order valence-electron chi connectivity index (χ2n) is 4.18. The SMILES string of the molecule is C=C(C)C1CC(O)CCC12CO2. The van der Waals surface area contributed by atoms with E-state index in [0.717, 1.165) is 31.4 Å². The van der Waals surface area contributed by atoms with Crippen molar-refractivity contribution in [2.45, 2.75) is 37.9 Å². The second-order valence-corrected chi connectivity index (χ2v) is 4.18. The predicted octanol–water partition coefficient (Wildman–Crippen LogP) is 1.49. The van der Waals surface area contributed by atoms with E-state index in [-0.39, 0.29) is 11.7 Å². The van der Waals surface area contributed by atoms with Gasteiger partial charge in [-0.05, 0) is 26.2 Å². The molecule has 0 bridgehead atoms. The van der Waals surface area contributed by atoms with Crippen molar-refractivity contribution in [2.24, 2.45) is 5.92 Å². The molecule has 0 aromatic carbocycles. The average molecular weight is 168 g/mol. The summed E-state index contributed by atoms with van der Waals surface area (Å²) in [6.07, 6.45) is 2.60. The maximum Gasteiger partial charge on any atom is 0.0983 e. The van der Waals surface area contributed by atoms with Gasteiger partial charge in [-0.1, -0.05) is 12.2 Å². The minimum absolute atomic E-state index is 0.0884. The van der Waals surface area contributed by atoms with Crippen LogP contribution < -0.4 is 0 Å². The van der Waals surface area contributed by atoms with E-state index in [1.165, 1.54) is 0 Å². The average Bonchev–Trinajstić information content (AvgIpc) is 2.76. The highest BCUT2D eigenvalue weighted by Gasteiger charge is 2.54. The first-order chi connectivity index (χ1) is 5.64. The fourth-order valence-corrected chi connectivity index (χ4v) is 2.28. The molecular weight excluding hydrogens is 152 g/mol. The van der Waals surface area contributed by atoms with Gasteiger partial charge >= 0.3 is 0 Å². The Morgan fingerprint density at radius 2 is 2.33 bits per heavy atom. The topological polar surface area (TPSA) is 32.8 Å². The van der Waals surface area contributed by atoms with Crippen molar-refractivity contribution in [1.82, 2.24) is 0 Å². The molecule has 1 aliphatic carbocycles. The highest BCUT2D eigenvalue weighted by Crippen LogP contribution is 2.48. The van der Waals surface area contributed by atoms with Gasteiger partial charge in [0, 0.05) is 5.92 Å². The molecule has 1 N–H and O–H groups in total. The van der Waals surface area contributed by atoms with Crippen LogP contribution in [-0.2, 0) is 4.74 Å². The van der Waals surface area contributed by atoms with Gasteiger partial charge < -0.3 is 9.84 Å². The van der Waals surface area contributed by atoms with E-state index in [0.29, 0.717) is 5.92 Å². The lowest BCUT2D eigenvalue weighted by Crippen LogP contribution is -2.35. The van der Waals surface area contributed by atoms with Gasteiger partial charge in [-0.15, -0.1) is 0 Å². The molecule has 1 spiro atoms. The van der Waals surface area contributed by atoms with Crippen LogP contribution in [0.25, 0.3) is 0 Å². The molecule has 2 heteroatoms. The van der Waals surface area contributed by atoms with E-state index in [2.05, 4.69) is 6.58 Å². The number of rotatable bonds is 1. The van der Waals surface area contributed by atoms with Crippen LogP contribution in [0.1, 0.15) is 26.2 Å². The molecule has 1 saturated heterocycles. The Morgan fingerprint density at radius 1 is 1.67 bits per heavy atom. The first-order valence-corrected chi connectivity index (χ1v) is 4.61. The maximum atomic E-state index is 9.49. The van der Waals surface area contributed by atoms with E-state index >= 15 is 0 Å². The molecule has 1 saturated carbocycles. The normalized spacial score (nSPS) is 46.2. The monoisotopic (exact) mass is 168 g/mol. The predicted molar refractivity (Wildman–Crippen MR) is 46.8 cm³/mol. The third-order valence-corrected chi connectivity index (χ3v) is 3.15. The van der Waals surface area contributed by atoms with Crippen molar-refractivity contribution >= 4 is 0 Å². The molecule has 68 valence electrons. The first kappa shape index (κ1) is 8.27. The molecule has 0 aromatic heterocycles. The highest BCUT2D eigenvalue weighted by atomic mass is 16.6. The van der Waals surface area contributed by atoms with Crippen molar-refractivity contribution in [3.8, 4) is 0 Å². The largest absolute Gasteiger partial charge is 0.393 e. The fourth-order valence-electron chi connectivity index (χ4n) is 2.28. The zero-order valence-corrected chi connectivity index (χ0v) is 7.55. The molecular formula is C10H16O2. The fraction of sp³-hybridized carbons (Fsp3) is 0.800. The van der Waals surface area contributed by atoms with E-state index in [1.54, 1.807) is 0 Å². The zero-order valence-electron chi connectivity index (χ0n) is 7.55. The summed E-state index contributed by atoms with van der Waals surface area (Å²) in [5.74, 6) is 0.390. The Kier molecular flexibility index (Phi) is 1.77. The molecule has 0 amide bonds. The highest BCUT2D eigenvalue weighted by molar-refractivity contribution is 5.14. The quantitative estimate of drug-likeness (QED) is 0.475. The summed E-state index contributed by atoms with van der Waals surface area (Å²) in [4.78, 5) is 0. The van der Waals surface area contributed by atoms with Crippen molar-refractivity contribution in [3.63, 3.8) is 0 Å². The molecule has 3 atom stereocenters. The summed E-state index contributed by atoms with van der Waals surface area (Å²) in [5, 5.41) is 9.49. The van der Waals surface area contributed by atoms with Crippen LogP contribution >= 0.6 is 0 Å². The molecule has 12 heavy (non-hydrogen) atoms. The van der Waals surface area contributed by atoms with E-state index in [1.807, 2.05) is 6.92 Å². The Morgan fingerprint density at radius 3 is 2.83 bits per heavy atom. The summed E-state index contributed by atoms with van der Waals surface area (Å²) in [7, 11) is 0. The number of aliphatic hydroxyl groups is 1. The van der Waals surface area contributed by atoms with Crippen molar-refractivity contribution in [1.29, 1.82) is 0 Å². The van der Waals surface area contributed by atoms with Gasteiger partial charge in [0.25, 0.3) is 0 Å². The summed E-state index contributed by atoms with van der Waals surface area (Å²) >= 11 is 0. The van der Waals surface area contributed by atoms with Crippen LogP contribution in [0.5, 0.6) is 0 Å². The van der Waals surface area contributed by atoms with E-state index in [9.17, 15) is 5.11 Å². The van der Waals surface area contributed by atoms with Gasteiger partial charge in [0.2, 0.25) is 0 Å². The van der Waals surface area contributed by atoms with Crippen LogP contribution in [0, 0.1) is 5.92 Å². The molecule has 1 heterocycles. The van der Waals surface area contributed by atoms with E-state index < -0.39 is 0 Å². The van der Waals surface area contributed by atoms with Gasteiger partial charge in [-0.2, -0.15) is 0 Å². The zero-order chi connectivity index (χ0) is 8.77. The van der Waals surface area contributed by atoms with Gasteiger partial charge in [0.1, 0.15) is 0 Å². The van der Waals surface area contributed by atoms with Crippen LogP contribution in [0.3, 0.4) is 0 Å². The third kappa shape index (κ3) is 1.19. The summed E-state index contributed by atoms with van der Waals surface area (Å²) < 4.78 is 5.49. The van der Waals surface area contributed by atoms with E-state index in [4.69, 9.17) is 4.74 Å². The lowest BCUT2D eigenvalue weighted by atomic mass is 9.75. The van der Waals surface area contributed by atoms with Gasteiger partial charge in [0.05, 0.1) is 18.3 Å². The van der Waals surface area contributed by atoms with Crippen LogP contribution in [0.15, 0.2) is 12.2 Å². The van der Waals surface area contributed by atoms with Crippen molar-refractivity contribution < 1.29 is 9.84 Å². The molecule has 2 rings (SSSR count). The standard InChI is InChI=1S/C10H16O2/c1-7(2)9-5-8(11)3-4-10(9)6-12-10/h8-9,11H,1,3-6H2,2H3. The van der Waals surface area contributed by atoms with Crippen molar-refractivity contribution in [2.75, 3.05) is 6.61 Å². The lowest BCUT2D eigenvalue weighted by molar-refractivity contribution is 0.0618. The number of epoxide rings is 1. The smallest absolute Gasteiger partial charge is 0.0983 e. The maximum absolute atomic E-state index is 9.49. The Balaban J connectivity index is 2.11. The van der Waals surface area contributed by atoms with Gasteiger partial charge in [0.15, 0.2) is 0 Å². The number of ether oxygens (including phenoxy) is 1. The number of hydrogen-bond donors (Lipinski definition) is 1. The molecule has 2 aliphatic rings. The Hall–Kier alpha value is -0.340. The number of hydrogen-bond acceptors (Lipinski definition) is 2. The third-order valence-electron chi connectivity index (χ3n) is 3.15. The minimum atomic E-state index is -0.137. The Labute approximate surface area is 73.2 Å². The van der Waals surface area contributed by atoms with Gasteiger partial charge in [-0.25, -0.2) is 0 Å². The summed E-state index contributed by atoms with van der Waals surface area (Å²) in [6.45, 7) is 6.86. The molecule has 0 aromatic rings. The first-order valence-electron chi connectivity index (χ1n) is 4.61. The number of aliphatic hydroxyl groups excluding tert-OH is 1. The Bertz CT molecular complexity index is 206. The van der Waals surface area contributed by atoms with Crippen molar-refractivity contribution in [3.05, 3.63) is 12.2 Å². The molecule has 2 fully saturated rings. The van der Waals surface area contributed by atoms with Crippen LogP contribution in [-0.4, -0.2) is 23.4 Å². The molecule has 0 radical (unpaired) electrons. The minimum Gasteiger partial charge on any atom is -0.393 e. The summed E-state index contributed by atoms with van der Waals surface area (Å²) in [5.41, 5.74) is 1.25. The molecule has 1 aliphatic heterocycles. The molecule has 2 nitrogen and oxygen atoms in total. The van der Waals surface area contributed by atoms with Crippen LogP contribution in [0.4, 0.5) is 0 Å². The molecule has 3 unspecified atom stereocenters. The van der Waals surface area contributed by atoms with Gasteiger partial charge in [-0.3, -0.25) is 0 Å².